The van der Waals surface area contributed by atoms with E-state index in [-0.39, 0.29) is 11.1 Å². The van der Waals surface area contributed by atoms with Gasteiger partial charge in [0.15, 0.2) is 11.0 Å². The highest BCUT2D eigenvalue weighted by Crippen LogP contribution is 2.35. The minimum absolute atomic E-state index is 0.0982. The molecule has 4 rings (SSSR count). The molecule has 0 radical (unpaired) electrons. The van der Waals surface area contributed by atoms with E-state index >= 15 is 0 Å². The number of aromatic nitrogens is 5. The van der Waals surface area contributed by atoms with E-state index in [0.29, 0.717) is 22.8 Å². The molecule has 0 aliphatic rings. The van der Waals surface area contributed by atoms with Crippen LogP contribution in [0, 0.1) is 5.82 Å². The molecule has 0 amide bonds. The third-order valence-electron chi connectivity index (χ3n) is 4.03. The third kappa shape index (κ3) is 3.61. The Bertz CT molecular complexity index is 1050. The first-order valence-corrected chi connectivity index (χ1v) is 9.20. The number of hydrogen-bond donors (Lipinski definition) is 0. The van der Waals surface area contributed by atoms with Crippen LogP contribution in [-0.4, -0.2) is 25.0 Å². The van der Waals surface area contributed by atoms with Crippen molar-refractivity contribution in [2.45, 2.75) is 17.3 Å². The highest BCUT2D eigenvalue weighted by molar-refractivity contribution is 7.99. The minimum atomic E-state index is -0.283. The summed E-state index contributed by atoms with van der Waals surface area (Å²) in [6.07, 6.45) is 0. The highest BCUT2D eigenvalue weighted by atomic mass is 32.2. The minimum Gasteiger partial charge on any atom is -0.419 e. The van der Waals surface area contributed by atoms with E-state index in [1.165, 1.54) is 23.9 Å². The molecule has 2 aromatic heterocycles. The quantitative estimate of drug-likeness (QED) is 0.473. The lowest BCUT2D eigenvalue weighted by Crippen LogP contribution is -1.97. The van der Waals surface area contributed by atoms with Crippen molar-refractivity contribution in [3.8, 4) is 22.8 Å². The van der Waals surface area contributed by atoms with Gasteiger partial charge >= 0.3 is 0 Å². The predicted molar refractivity (Wildman–Crippen MR) is 100 cm³/mol. The standard InChI is InChI=1S/C19H16FN5OS/c1-12(17-22-23-18(26-17)14-6-4-3-5-7-14)27-19-24-21-16(25(19)2)13-8-10-15(20)11-9-13/h3-12H,1-2H3/t12-/m1/s1. The van der Waals surface area contributed by atoms with Crippen molar-refractivity contribution in [2.24, 2.45) is 7.05 Å². The van der Waals surface area contributed by atoms with Crippen molar-refractivity contribution in [3.63, 3.8) is 0 Å². The van der Waals surface area contributed by atoms with Crippen LogP contribution in [0.25, 0.3) is 22.8 Å². The van der Waals surface area contributed by atoms with Gasteiger partial charge in [0.2, 0.25) is 11.8 Å². The molecule has 0 aliphatic carbocycles. The van der Waals surface area contributed by atoms with Crippen LogP contribution in [0.5, 0.6) is 0 Å². The van der Waals surface area contributed by atoms with Gasteiger partial charge in [0.1, 0.15) is 5.82 Å². The number of benzene rings is 2. The van der Waals surface area contributed by atoms with Gasteiger partial charge in [-0.05, 0) is 43.3 Å². The topological polar surface area (TPSA) is 69.6 Å². The molecule has 8 heteroatoms. The van der Waals surface area contributed by atoms with Crippen molar-refractivity contribution in [1.82, 2.24) is 25.0 Å². The van der Waals surface area contributed by atoms with E-state index in [0.717, 1.165) is 11.1 Å². The lowest BCUT2D eigenvalue weighted by molar-refractivity contribution is 0.508. The second kappa shape index (κ2) is 7.32. The Labute approximate surface area is 159 Å². The number of halogens is 1. The molecular formula is C19H16FN5OS. The van der Waals surface area contributed by atoms with Crippen LogP contribution in [0.2, 0.25) is 0 Å². The third-order valence-corrected chi connectivity index (χ3v) is 5.15. The molecule has 0 saturated carbocycles. The zero-order chi connectivity index (χ0) is 18.8. The van der Waals surface area contributed by atoms with Crippen LogP contribution in [-0.2, 0) is 7.05 Å². The van der Waals surface area contributed by atoms with Gasteiger partial charge in [-0.15, -0.1) is 20.4 Å². The second-order valence-corrected chi connectivity index (χ2v) is 7.25. The summed E-state index contributed by atoms with van der Waals surface area (Å²) in [6.45, 7) is 1.97. The Hall–Kier alpha value is -3.00. The zero-order valence-corrected chi connectivity index (χ0v) is 15.5. The molecule has 0 N–H and O–H groups in total. The van der Waals surface area contributed by atoms with Gasteiger partial charge in [0.25, 0.3) is 0 Å². The molecule has 2 heterocycles. The average Bonchev–Trinajstić information content (AvgIpc) is 3.31. The van der Waals surface area contributed by atoms with Gasteiger partial charge < -0.3 is 8.98 Å². The average molecular weight is 381 g/mol. The summed E-state index contributed by atoms with van der Waals surface area (Å²) < 4.78 is 20.8. The monoisotopic (exact) mass is 381 g/mol. The highest BCUT2D eigenvalue weighted by Gasteiger charge is 2.20. The SMILES string of the molecule is C[C@@H](Sc1nnc(-c2ccc(F)cc2)n1C)c1nnc(-c2ccccc2)o1. The summed E-state index contributed by atoms with van der Waals surface area (Å²) in [7, 11) is 1.87. The zero-order valence-electron chi connectivity index (χ0n) is 14.7. The molecule has 0 saturated heterocycles. The van der Waals surface area contributed by atoms with E-state index in [9.17, 15) is 4.39 Å². The first kappa shape index (κ1) is 17.4. The van der Waals surface area contributed by atoms with Gasteiger partial charge in [-0.3, -0.25) is 0 Å². The molecule has 0 bridgehead atoms. The van der Waals surface area contributed by atoms with E-state index in [4.69, 9.17) is 4.42 Å². The lowest BCUT2D eigenvalue weighted by atomic mass is 10.2. The molecular weight excluding hydrogens is 365 g/mol. The molecule has 136 valence electrons. The van der Waals surface area contributed by atoms with Crippen molar-refractivity contribution in [2.75, 3.05) is 0 Å². The summed E-state index contributed by atoms with van der Waals surface area (Å²) in [4.78, 5) is 0. The fourth-order valence-electron chi connectivity index (χ4n) is 2.57. The Morgan fingerprint density at radius 3 is 2.41 bits per heavy atom. The lowest BCUT2D eigenvalue weighted by Gasteiger charge is -2.07. The summed E-state index contributed by atoms with van der Waals surface area (Å²) in [5, 5.41) is 17.3. The number of nitrogens with zero attached hydrogens (tertiary/aromatic N) is 5. The van der Waals surface area contributed by atoms with Gasteiger partial charge in [-0.1, -0.05) is 30.0 Å². The molecule has 2 aromatic carbocycles. The van der Waals surface area contributed by atoms with Gasteiger partial charge in [-0.2, -0.15) is 0 Å². The maximum absolute atomic E-state index is 13.1. The van der Waals surface area contributed by atoms with Crippen molar-refractivity contribution >= 4 is 11.8 Å². The second-order valence-electron chi connectivity index (χ2n) is 5.94. The van der Waals surface area contributed by atoms with Crippen LogP contribution in [0.1, 0.15) is 18.1 Å². The fourth-order valence-corrected chi connectivity index (χ4v) is 3.42. The van der Waals surface area contributed by atoms with E-state index in [1.807, 2.05) is 48.9 Å². The molecule has 0 fully saturated rings. The molecule has 0 aliphatic heterocycles. The first-order chi connectivity index (χ1) is 13.1. The molecule has 0 spiro atoms. The first-order valence-electron chi connectivity index (χ1n) is 8.32. The van der Waals surface area contributed by atoms with Crippen LogP contribution in [0.4, 0.5) is 4.39 Å². The van der Waals surface area contributed by atoms with Gasteiger partial charge in [0.05, 0.1) is 5.25 Å². The van der Waals surface area contributed by atoms with Gasteiger partial charge in [0, 0.05) is 18.2 Å². The maximum atomic E-state index is 13.1. The van der Waals surface area contributed by atoms with Crippen LogP contribution in [0.15, 0.2) is 64.2 Å². The van der Waals surface area contributed by atoms with Crippen LogP contribution in [0.3, 0.4) is 0 Å². The van der Waals surface area contributed by atoms with Crippen LogP contribution >= 0.6 is 11.8 Å². The van der Waals surface area contributed by atoms with E-state index < -0.39 is 0 Å². The van der Waals surface area contributed by atoms with Crippen molar-refractivity contribution in [1.29, 1.82) is 0 Å². The molecule has 1 atom stereocenters. The number of thioether (sulfide) groups is 1. The normalized spacial score (nSPS) is 12.3. The summed E-state index contributed by atoms with van der Waals surface area (Å²) >= 11 is 1.47. The molecule has 6 nitrogen and oxygen atoms in total. The summed E-state index contributed by atoms with van der Waals surface area (Å²) in [5.74, 6) is 1.39. The Kier molecular flexibility index (Phi) is 4.72. The Balaban J connectivity index is 1.53. The number of hydrogen-bond acceptors (Lipinski definition) is 6. The Morgan fingerprint density at radius 1 is 0.926 bits per heavy atom. The van der Waals surface area contributed by atoms with E-state index in [1.54, 1.807) is 12.1 Å². The van der Waals surface area contributed by atoms with E-state index in [2.05, 4.69) is 20.4 Å². The molecule has 27 heavy (non-hydrogen) atoms. The smallest absolute Gasteiger partial charge is 0.247 e. The van der Waals surface area contributed by atoms with Gasteiger partial charge in [-0.25, -0.2) is 4.39 Å². The fraction of sp³-hybridized carbons (Fsp3) is 0.158. The largest absolute Gasteiger partial charge is 0.419 e. The summed E-state index contributed by atoms with van der Waals surface area (Å²) in [5.41, 5.74) is 1.68. The maximum Gasteiger partial charge on any atom is 0.247 e. The summed E-state index contributed by atoms with van der Waals surface area (Å²) in [6, 6.07) is 15.8. The predicted octanol–water partition coefficient (Wildman–Crippen LogP) is 4.52. The van der Waals surface area contributed by atoms with Crippen LogP contribution < -0.4 is 0 Å². The van der Waals surface area contributed by atoms with Crippen molar-refractivity contribution < 1.29 is 8.81 Å². The number of rotatable bonds is 5. The van der Waals surface area contributed by atoms with Crippen molar-refractivity contribution in [3.05, 3.63) is 66.3 Å². The Morgan fingerprint density at radius 2 is 1.67 bits per heavy atom. The molecule has 4 aromatic rings. The molecule has 0 unspecified atom stereocenters.